The number of fused-ring (bicyclic) bond motifs is 1. The van der Waals surface area contributed by atoms with Crippen molar-refractivity contribution in [2.24, 2.45) is 0 Å². The third kappa shape index (κ3) is 1.30. The Morgan fingerprint density at radius 2 is 2.33 bits per heavy atom. The Labute approximate surface area is 71.0 Å². The average Bonchev–Trinajstić information content (AvgIpc) is 2.28. The number of nitrogens with one attached hydrogen (secondary N) is 1. The summed E-state index contributed by atoms with van der Waals surface area (Å²) in [7, 11) is 0. The summed E-state index contributed by atoms with van der Waals surface area (Å²) < 4.78 is 5.41. The lowest BCUT2D eigenvalue weighted by Gasteiger charge is -2.06. The maximum Gasteiger partial charge on any atom is 0.146 e. The van der Waals surface area contributed by atoms with E-state index in [-0.39, 0.29) is 5.75 Å². The number of phenolic OH excluding ortho intramolecular Hbond substituents is 1. The van der Waals surface area contributed by atoms with E-state index in [1.165, 1.54) is 0 Å². The molecule has 3 heteroatoms. The molecule has 1 aromatic rings. The maximum atomic E-state index is 9.17. The maximum absolute atomic E-state index is 9.17. The molecule has 0 aliphatic carbocycles. The summed E-state index contributed by atoms with van der Waals surface area (Å²) >= 11 is 0. The van der Waals surface area contributed by atoms with Crippen LogP contribution in [-0.4, -0.2) is 18.3 Å². The summed E-state index contributed by atoms with van der Waals surface area (Å²) in [5, 5.41) is 12.4. The van der Waals surface area contributed by atoms with E-state index in [0.717, 1.165) is 24.4 Å². The van der Waals surface area contributed by atoms with Crippen LogP contribution >= 0.6 is 0 Å². The van der Waals surface area contributed by atoms with Crippen LogP contribution in [0.2, 0.25) is 0 Å². The molecular formula is C9H11NO2. The highest BCUT2D eigenvalue weighted by molar-refractivity contribution is 5.59. The molecule has 64 valence electrons. The first-order chi connectivity index (χ1) is 5.86. The van der Waals surface area contributed by atoms with Gasteiger partial charge in [-0.25, -0.2) is 0 Å². The predicted octanol–water partition coefficient (Wildman–Crippen LogP) is 1.59. The number of hydrogen-bond acceptors (Lipinski definition) is 3. The second-order valence-corrected chi connectivity index (χ2v) is 2.81. The predicted molar refractivity (Wildman–Crippen MR) is 46.7 cm³/mol. The van der Waals surface area contributed by atoms with Gasteiger partial charge in [-0.05, 0) is 18.6 Å². The fraction of sp³-hybridized carbons (Fsp3) is 0.333. The normalized spacial score (nSPS) is 15.3. The zero-order valence-corrected chi connectivity index (χ0v) is 6.71. The Kier molecular flexibility index (Phi) is 1.78. The minimum Gasteiger partial charge on any atom is -0.508 e. The minimum absolute atomic E-state index is 0.248. The quantitative estimate of drug-likeness (QED) is 0.573. The average molecular weight is 165 g/mol. The van der Waals surface area contributed by atoms with Crippen LogP contribution in [0.15, 0.2) is 18.2 Å². The van der Waals surface area contributed by atoms with Crippen LogP contribution in [0.5, 0.6) is 11.5 Å². The van der Waals surface area contributed by atoms with Crippen molar-refractivity contribution in [2.75, 3.05) is 18.5 Å². The van der Waals surface area contributed by atoms with Crippen LogP contribution in [0.1, 0.15) is 6.42 Å². The zero-order chi connectivity index (χ0) is 8.39. The molecule has 0 atom stereocenters. The molecule has 1 aliphatic rings. The van der Waals surface area contributed by atoms with Crippen LogP contribution in [0.3, 0.4) is 0 Å². The van der Waals surface area contributed by atoms with Gasteiger partial charge in [-0.3, -0.25) is 0 Å². The van der Waals surface area contributed by atoms with E-state index >= 15 is 0 Å². The Balaban J connectivity index is 2.36. The van der Waals surface area contributed by atoms with Crippen molar-refractivity contribution in [1.29, 1.82) is 0 Å². The third-order valence-corrected chi connectivity index (χ3v) is 1.86. The molecule has 3 nitrogen and oxygen atoms in total. The smallest absolute Gasteiger partial charge is 0.146 e. The summed E-state index contributed by atoms with van der Waals surface area (Å²) in [4.78, 5) is 0. The van der Waals surface area contributed by atoms with Gasteiger partial charge >= 0.3 is 0 Å². The van der Waals surface area contributed by atoms with E-state index in [1.807, 2.05) is 6.07 Å². The third-order valence-electron chi connectivity index (χ3n) is 1.86. The molecule has 0 radical (unpaired) electrons. The van der Waals surface area contributed by atoms with E-state index in [9.17, 15) is 5.11 Å². The van der Waals surface area contributed by atoms with Crippen LogP contribution in [0, 0.1) is 0 Å². The molecule has 0 spiro atoms. The molecule has 12 heavy (non-hydrogen) atoms. The van der Waals surface area contributed by atoms with Gasteiger partial charge in [0, 0.05) is 12.6 Å². The fourth-order valence-corrected chi connectivity index (χ4v) is 1.25. The summed E-state index contributed by atoms with van der Waals surface area (Å²) in [6, 6.07) is 5.12. The molecule has 0 aromatic heterocycles. The van der Waals surface area contributed by atoms with Gasteiger partial charge in [0.15, 0.2) is 0 Å². The fourth-order valence-electron chi connectivity index (χ4n) is 1.25. The molecule has 1 aromatic carbocycles. The van der Waals surface area contributed by atoms with Crippen molar-refractivity contribution in [3.05, 3.63) is 18.2 Å². The van der Waals surface area contributed by atoms with E-state index in [4.69, 9.17) is 4.74 Å². The second-order valence-electron chi connectivity index (χ2n) is 2.81. The number of anilines is 1. The van der Waals surface area contributed by atoms with Crippen LogP contribution < -0.4 is 10.1 Å². The molecule has 2 N–H and O–H groups in total. The largest absolute Gasteiger partial charge is 0.508 e. The summed E-state index contributed by atoms with van der Waals surface area (Å²) in [5.74, 6) is 0.991. The van der Waals surface area contributed by atoms with E-state index in [1.54, 1.807) is 12.1 Å². The highest BCUT2D eigenvalue weighted by Crippen LogP contribution is 2.29. The first-order valence-electron chi connectivity index (χ1n) is 4.06. The van der Waals surface area contributed by atoms with Gasteiger partial charge in [0.1, 0.15) is 11.5 Å². The number of hydrogen-bond donors (Lipinski definition) is 2. The second kappa shape index (κ2) is 2.93. The number of phenols is 1. The molecular weight excluding hydrogens is 154 g/mol. The van der Waals surface area contributed by atoms with Crippen molar-refractivity contribution in [3.8, 4) is 11.5 Å². The molecule has 0 bridgehead atoms. The van der Waals surface area contributed by atoms with Gasteiger partial charge in [-0.2, -0.15) is 0 Å². The van der Waals surface area contributed by atoms with Crippen molar-refractivity contribution < 1.29 is 9.84 Å². The summed E-state index contributed by atoms with van der Waals surface area (Å²) in [6.45, 7) is 1.64. The van der Waals surface area contributed by atoms with Crippen molar-refractivity contribution in [2.45, 2.75) is 6.42 Å². The Bertz CT molecular complexity index is 286. The van der Waals surface area contributed by atoms with Gasteiger partial charge in [0.05, 0.1) is 12.3 Å². The monoisotopic (exact) mass is 165 g/mol. The number of aromatic hydroxyl groups is 1. The first-order valence-corrected chi connectivity index (χ1v) is 4.06. The molecule has 0 saturated heterocycles. The van der Waals surface area contributed by atoms with E-state index in [2.05, 4.69) is 5.32 Å². The summed E-state index contributed by atoms with van der Waals surface area (Å²) in [6.07, 6.45) is 0.995. The molecule has 1 aliphatic heterocycles. The van der Waals surface area contributed by atoms with Crippen LogP contribution in [-0.2, 0) is 0 Å². The number of benzene rings is 1. The van der Waals surface area contributed by atoms with Gasteiger partial charge in [0.2, 0.25) is 0 Å². The lowest BCUT2D eigenvalue weighted by molar-refractivity contribution is 0.321. The standard InChI is InChI=1S/C9H11NO2/c11-7-2-3-8-9(6-7)12-5-1-4-10-8/h2-3,6,10-11H,1,4-5H2. The number of ether oxygens (including phenoxy) is 1. The van der Waals surface area contributed by atoms with Gasteiger partial charge in [-0.15, -0.1) is 0 Å². The highest BCUT2D eigenvalue weighted by atomic mass is 16.5. The Hall–Kier alpha value is -1.38. The highest BCUT2D eigenvalue weighted by Gasteiger charge is 2.07. The minimum atomic E-state index is 0.248. The SMILES string of the molecule is Oc1ccc2c(c1)OCCCN2. The topological polar surface area (TPSA) is 41.5 Å². The molecule has 0 fully saturated rings. The van der Waals surface area contributed by atoms with E-state index in [0.29, 0.717) is 6.61 Å². The lowest BCUT2D eigenvalue weighted by atomic mass is 10.3. The summed E-state index contributed by atoms with van der Waals surface area (Å²) in [5.41, 5.74) is 0.963. The first kappa shape index (κ1) is 7.28. The van der Waals surface area contributed by atoms with Crippen molar-refractivity contribution in [1.82, 2.24) is 0 Å². The molecule has 0 unspecified atom stereocenters. The molecule has 0 amide bonds. The van der Waals surface area contributed by atoms with Gasteiger partial charge in [-0.1, -0.05) is 0 Å². The number of rotatable bonds is 0. The van der Waals surface area contributed by atoms with Gasteiger partial charge in [0.25, 0.3) is 0 Å². The van der Waals surface area contributed by atoms with Crippen molar-refractivity contribution >= 4 is 5.69 Å². The molecule has 0 saturated carbocycles. The van der Waals surface area contributed by atoms with Gasteiger partial charge < -0.3 is 15.2 Å². The lowest BCUT2D eigenvalue weighted by Crippen LogP contribution is -1.99. The molecule has 1 heterocycles. The molecule has 2 rings (SSSR count). The van der Waals surface area contributed by atoms with Crippen LogP contribution in [0.25, 0.3) is 0 Å². The zero-order valence-electron chi connectivity index (χ0n) is 6.71. The Morgan fingerprint density at radius 1 is 1.42 bits per heavy atom. The van der Waals surface area contributed by atoms with Crippen LogP contribution in [0.4, 0.5) is 5.69 Å². The Morgan fingerprint density at radius 3 is 3.25 bits per heavy atom. The van der Waals surface area contributed by atoms with Crippen molar-refractivity contribution in [3.63, 3.8) is 0 Å². The van der Waals surface area contributed by atoms with E-state index < -0.39 is 0 Å².